The Morgan fingerprint density at radius 2 is 1.90 bits per heavy atom. The van der Waals surface area contributed by atoms with Gasteiger partial charge in [0.25, 0.3) is 0 Å². The summed E-state index contributed by atoms with van der Waals surface area (Å²) >= 11 is 0. The quantitative estimate of drug-likeness (QED) is 0.919. The molecule has 0 atom stereocenters. The van der Waals surface area contributed by atoms with Crippen LogP contribution < -0.4 is 0 Å². The van der Waals surface area contributed by atoms with Crippen molar-refractivity contribution >= 4 is 0 Å². The SMILES string of the molecule is CCOCc1c(CO)noc1-c1ccc(C(F)(F)F)cc1. The number of aromatic nitrogens is 1. The number of nitrogens with zero attached hydrogens (tertiary/aromatic N) is 1. The minimum atomic E-state index is -4.38. The molecule has 0 aliphatic rings. The van der Waals surface area contributed by atoms with Crippen LogP contribution in [0.2, 0.25) is 0 Å². The predicted molar refractivity (Wildman–Crippen MR) is 68.2 cm³/mol. The number of halogens is 3. The molecule has 114 valence electrons. The molecule has 0 aliphatic carbocycles. The highest BCUT2D eigenvalue weighted by Crippen LogP contribution is 2.32. The molecule has 2 rings (SSSR count). The summed E-state index contributed by atoms with van der Waals surface area (Å²) < 4.78 is 48.0. The molecule has 2 aromatic rings. The molecule has 0 spiro atoms. The molecular weight excluding hydrogens is 287 g/mol. The fraction of sp³-hybridized carbons (Fsp3) is 0.357. The second kappa shape index (κ2) is 6.28. The highest BCUT2D eigenvalue weighted by molar-refractivity contribution is 5.62. The Morgan fingerprint density at radius 1 is 1.24 bits per heavy atom. The van der Waals surface area contributed by atoms with Gasteiger partial charge in [-0.15, -0.1) is 0 Å². The van der Waals surface area contributed by atoms with Crippen molar-refractivity contribution in [3.05, 3.63) is 41.1 Å². The Balaban J connectivity index is 2.35. The summed E-state index contributed by atoms with van der Waals surface area (Å²) in [6, 6.07) is 4.56. The highest BCUT2D eigenvalue weighted by atomic mass is 19.4. The molecule has 4 nitrogen and oxygen atoms in total. The lowest BCUT2D eigenvalue weighted by Crippen LogP contribution is -2.04. The van der Waals surface area contributed by atoms with Crippen LogP contribution in [0, 0.1) is 0 Å². The fourth-order valence-corrected chi connectivity index (χ4v) is 1.86. The van der Waals surface area contributed by atoms with Crippen molar-refractivity contribution in [1.82, 2.24) is 5.16 Å². The zero-order chi connectivity index (χ0) is 15.5. The number of rotatable bonds is 5. The van der Waals surface area contributed by atoms with E-state index in [9.17, 15) is 18.3 Å². The van der Waals surface area contributed by atoms with Crippen LogP contribution in [0.15, 0.2) is 28.8 Å². The first kappa shape index (κ1) is 15.5. The van der Waals surface area contributed by atoms with E-state index in [1.54, 1.807) is 0 Å². The number of benzene rings is 1. The summed E-state index contributed by atoms with van der Waals surface area (Å²) in [5.74, 6) is 0.307. The largest absolute Gasteiger partial charge is 0.416 e. The minimum Gasteiger partial charge on any atom is -0.390 e. The average Bonchev–Trinajstić information content (AvgIpc) is 2.87. The topological polar surface area (TPSA) is 55.5 Å². The van der Waals surface area contributed by atoms with Crippen LogP contribution in [0.4, 0.5) is 13.2 Å². The van der Waals surface area contributed by atoms with Gasteiger partial charge in [-0.2, -0.15) is 13.2 Å². The van der Waals surface area contributed by atoms with Crippen molar-refractivity contribution in [2.75, 3.05) is 6.61 Å². The molecule has 1 aromatic carbocycles. The van der Waals surface area contributed by atoms with Gasteiger partial charge in [0.1, 0.15) is 5.69 Å². The van der Waals surface area contributed by atoms with Gasteiger partial charge in [-0.1, -0.05) is 17.3 Å². The second-order valence-electron chi connectivity index (χ2n) is 4.31. The van der Waals surface area contributed by atoms with Crippen LogP contribution in [0.3, 0.4) is 0 Å². The van der Waals surface area contributed by atoms with Gasteiger partial charge >= 0.3 is 6.18 Å². The highest BCUT2D eigenvalue weighted by Gasteiger charge is 2.30. The molecule has 7 heteroatoms. The van der Waals surface area contributed by atoms with Gasteiger partial charge in [-0.25, -0.2) is 0 Å². The van der Waals surface area contributed by atoms with Gasteiger partial charge in [0, 0.05) is 12.2 Å². The third-order valence-corrected chi connectivity index (χ3v) is 2.94. The molecule has 0 saturated heterocycles. The smallest absolute Gasteiger partial charge is 0.390 e. The average molecular weight is 301 g/mol. The standard InChI is InChI=1S/C14H14F3NO3/c1-2-20-8-11-12(7-19)18-21-13(11)9-3-5-10(6-4-9)14(15,16)17/h3-6,19H,2,7-8H2,1H3. The summed E-state index contributed by atoms with van der Waals surface area (Å²) in [6.45, 7) is 2.12. The Labute approximate surface area is 119 Å². The summed E-state index contributed by atoms with van der Waals surface area (Å²) in [4.78, 5) is 0. The van der Waals surface area contributed by atoms with Crippen LogP contribution in [0.5, 0.6) is 0 Å². The maximum atomic E-state index is 12.5. The van der Waals surface area contributed by atoms with E-state index in [1.165, 1.54) is 12.1 Å². The molecule has 1 heterocycles. The molecule has 1 N–H and O–H groups in total. The van der Waals surface area contributed by atoms with E-state index in [0.29, 0.717) is 29.2 Å². The van der Waals surface area contributed by atoms with E-state index in [0.717, 1.165) is 12.1 Å². The number of aliphatic hydroxyl groups is 1. The summed E-state index contributed by atoms with van der Waals surface area (Å²) in [5.41, 5.74) is 0.571. The first-order valence-electron chi connectivity index (χ1n) is 6.31. The Hall–Kier alpha value is -1.86. The van der Waals surface area contributed by atoms with Gasteiger partial charge < -0.3 is 14.4 Å². The molecular formula is C14H14F3NO3. The monoisotopic (exact) mass is 301 g/mol. The molecule has 21 heavy (non-hydrogen) atoms. The van der Waals surface area contributed by atoms with E-state index in [1.807, 2.05) is 6.92 Å². The normalized spacial score (nSPS) is 11.9. The number of alkyl halides is 3. The van der Waals surface area contributed by atoms with Gasteiger partial charge in [0.05, 0.1) is 24.3 Å². The lowest BCUT2D eigenvalue weighted by atomic mass is 10.1. The van der Waals surface area contributed by atoms with E-state index in [2.05, 4.69) is 5.16 Å². The van der Waals surface area contributed by atoms with Crippen LogP contribution >= 0.6 is 0 Å². The third kappa shape index (κ3) is 3.43. The van der Waals surface area contributed by atoms with Gasteiger partial charge in [0.15, 0.2) is 5.76 Å². The van der Waals surface area contributed by atoms with Crippen molar-refractivity contribution in [2.45, 2.75) is 26.3 Å². The number of hydrogen-bond donors (Lipinski definition) is 1. The van der Waals surface area contributed by atoms with Gasteiger partial charge in [0.2, 0.25) is 0 Å². The molecule has 0 saturated carbocycles. The zero-order valence-corrected chi connectivity index (χ0v) is 11.3. The summed E-state index contributed by atoms with van der Waals surface area (Å²) in [7, 11) is 0. The first-order valence-corrected chi connectivity index (χ1v) is 6.31. The predicted octanol–water partition coefficient (Wildman–Crippen LogP) is 3.39. The molecule has 1 aromatic heterocycles. The second-order valence-corrected chi connectivity index (χ2v) is 4.31. The van der Waals surface area contributed by atoms with Crippen LogP contribution in [-0.4, -0.2) is 16.9 Å². The van der Waals surface area contributed by atoms with Crippen molar-refractivity contribution in [3.63, 3.8) is 0 Å². The van der Waals surface area contributed by atoms with Crippen LogP contribution in [0.25, 0.3) is 11.3 Å². The number of aliphatic hydroxyl groups excluding tert-OH is 1. The lowest BCUT2D eigenvalue weighted by Gasteiger charge is -2.07. The van der Waals surface area contributed by atoms with Gasteiger partial charge in [-0.3, -0.25) is 0 Å². The Morgan fingerprint density at radius 3 is 2.43 bits per heavy atom. The maximum absolute atomic E-state index is 12.5. The molecule has 0 aliphatic heterocycles. The van der Waals surface area contributed by atoms with Crippen molar-refractivity contribution in [3.8, 4) is 11.3 Å². The van der Waals surface area contributed by atoms with Crippen LogP contribution in [-0.2, 0) is 24.1 Å². The number of hydrogen-bond acceptors (Lipinski definition) is 4. The molecule has 0 unspecified atom stereocenters. The summed E-state index contributed by atoms with van der Waals surface area (Å²) in [6.07, 6.45) is -4.38. The molecule has 0 fully saturated rings. The first-order chi connectivity index (χ1) is 9.97. The van der Waals surface area contributed by atoms with Gasteiger partial charge in [-0.05, 0) is 19.1 Å². The third-order valence-electron chi connectivity index (χ3n) is 2.94. The minimum absolute atomic E-state index is 0.173. The molecule has 0 bridgehead atoms. The summed E-state index contributed by atoms with van der Waals surface area (Å²) in [5, 5.41) is 12.9. The van der Waals surface area contributed by atoms with Crippen molar-refractivity contribution < 1.29 is 27.5 Å². The van der Waals surface area contributed by atoms with Crippen LogP contribution in [0.1, 0.15) is 23.7 Å². The lowest BCUT2D eigenvalue weighted by molar-refractivity contribution is -0.137. The molecule has 0 radical (unpaired) electrons. The van der Waals surface area contributed by atoms with E-state index < -0.39 is 11.7 Å². The van der Waals surface area contributed by atoms with Crippen molar-refractivity contribution in [1.29, 1.82) is 0 Å². The maximum Gasteiger partial charge on any atom is 0.416 e. The van der Waals surface area contributed by atoms with Crippen molar-refractivity contribution in [2.24, 2.45) is 0 Å². The Bertz CT molecular complexity index is 591. The van der Waals surface area contributed by atoms with E-state index in [4.69, 9.17) is 9.26 Å². The zero-order valence-electron chi connectivity index (χ0n) is 11.3. The molecule has 0 amide bonds. The fourth-order valence-electron chi connectivity index (χ4n) is 1.86. The number of ether oxygens (including phenoxy) is 1. The van der Waals surface area contributed by atoms with E-state index >= 15 is 0 Å². The Kier molecular flexibility index (Phi) is 4.64. The van der Waals surface area contributed by atoms with E-state index in [-0.39, 0.29) is 13.2 Å².